The lowest BCUT2D eigenvalue weighted by Gasteiger charge is -2.32. The Kier molecular flexibility index (Phi) is 12.7. The van der Waals surface area contributed by atoms with Gasteiger partial charge < -0.3 is 0 Å². The molecule has 0 radical (unpaired) electrons. The number of hydrogen-bond acceptors (Lipinski definition) is 0. The van der Waals surface area contributed by atoms with E-state index in [1.54, 1.807) is 57.8 Å². The van der Waals surface area contributed by atoms with Crippen LogP contribution in [-0.4, -0.2) is 0 Å². The maximum atomic E-state index is 2.57. The van der Waals surface area contributed by atoms with Gasteiger partial charge >= 0.3 is 0 Å². The minimum atomic E-state index is 0.576. The Balaban J connectivity index is 1.48. The fourth-order valence-electron chi connectivity index (χ4n) is 8.16. The lowest BCUT2D eigenvalue weighted by molar-refractivity contribution is 0.188. The van der Waals surface area contributed by atoms with Crippen molar-refractivity contribution < 1.29 is 0 Å². The molecule has 3 saturated carbocycles. The van der Waals surface area contributed by atoms with E-state index in [1.165, 1.54) is 96.3 Å². The van der Waals surface area contributed by atoms with E-state index in [4.69, 9.17) is 0 Å². The van der Waals surface area contributed by atoms with Gasteiger partial charge in [-0.2, -0.15) is 0 Å². The zero-order valence-electron chi connectivity index (χ0n) is 23.4. The van der Waals surface area contributed by atoms with Gasteiger partial charge in [0.25, 0.3) is 0 Å². The quantitative estimate of drug-likeness (QED) is 0.394. The molecular formula is C33H62. The second kappa shape index (κ2) is 15.2. The molecule has 0 aliphatic heterocycles. The van der Waals surface area contributed by atoms with Crippen molar-refractivity contribution in [3.05, 3.63) is 0 Å². The highest BCUT2D eigenvalue weighted by Crippen LogP contribution is 2.47. The van der Waals surface area contributed by atoms with Crippen LogP contribution < -0.4 is 0 Å². The Hall–Kier alpha value is 0. The van der Waals surface area contributed by atoms with Gasteiger partial charge in [-0.3, -0.25) is 0 Å². The number of hydrogen-bond donors (Lipinski definition) is 0. The molecule has 3 unspecified atom stereocenters. The summed E-state index contributed by atoms with van der Waals surface area (Å²) in [5, 5.41) is 0. The van der Waals surface area contributed by atoms with Gasteiger partial charge in [-0.25, -0.2) is 0 Å². The molecule has 0 N–H and O–H groups in total. The lowest BCUT2D eigenvalue weighted by atomic mass is 9.73. The van der Waals surface area contributed by atoms with Gasteiger partial charge in [-0.15, -0.1) is 0 Å². The lowest BCUT2D eigenvalue weighted by Crippen LogP contribution is -2.21. The van der Waals surface area contributed by atoms with Gasteiger partial charge in [0, 0.05) is 0 Å². The summed E-state index contributed by atoms with van der Waals surface area (Å²) < 4.78 is 0. The van der Waals surface area contributed by atoms with Crippen molar-refractivity contribution in [1.29, 1.82) is 0 Å². The second-order valence-electron chi connectivity index (χ2n) is 13.8. The van der Waals surface area contributed by atoms with E-state index in [2.05, 4.69) is 20.8 Å². The maximum absolute atomic E-state index is 2.57. The van der Waals surface area contributed by atoms with E-state index in [9.17, 15) is 0 Å². The minimum absolute atomic E-state index is 0.576. The topological polar surface area (TPSA) is 0 Å². The molecule has 0 saturated heterocycles. The summed E-state index contributed by atoms with van der Waals surface area (Å²) in [5.74, 6) is 5.38. The molecule has 0 bridgehead atoms. The Morgan fingerprint density at radius 1 is 0.455 bits per heavy atom. The largest absolute Gasteiger partial charge is 0.0651 e. The zero-order valence-corrected chi connectivity index (χ0v) is 23.4. The van der Waals surface area contributed by atoms with E-state index < -0.39 is 0 Å². The van der Waals surface area contributed by atoms with Crippen molar-refractivity contribution in [3.63, 3.8) is 0 Å². The molecule has 3 fully saturated rings. The van der Waals surface area contributed by atoms with Crippen molar-refractivity contribution >= 4 is 0 Å². The molecule has 3 rings (SSSR count). The molecule has 0 spiro atoms. The van der Waals surface area contributed by atoms with Crippen LogP contribution in [0, 0.1) is 35.0 Å². The summed E-state index contributed by atoms with van der Waals surface area (Å²) in [6.45, 7) is 7.55. The first-order chi connectivity index (χ1) is 16.1. The fraction of sp³-hybridized carbons (Fsp3) is 1.00. The summed E-state index contributed by atoms with van der Waals surface area (Å²) in [4.78, 5) is 0. The van der Waals surface area contributed by atoms with E-state index in [-0.39, 0.29) is 0 Å². The van der Waals surface area contributed by atoms with Crippen molar-refractivity contribution in [3.8, 4) is 0 Å². The first-order valence-electron chi connectivity index (χ1n) is 16.1. The third-order valence-electron chi connectivity index (χ3n) is 10.7. The van der Waals surface area contributed by atoms with Crippen LogP contribution in [0.5, 0.6) is 0 Å². The molecule has 0 aromatic heterocycles. The average molecular weight is 459 g/mol. The smallest absolute Gasteiger partial charge is 0.0354 e. The molecule has 0 aromatic carbocycles. The molecule has 0 aromatic rings. The standard InChI is InChI=1S/C33H62/c1-4-28-19-21-30(22-20-28)32-24-23-31(27-32)29-17-14-12-10-8-6-5-7-9-11-13-15-25-33(2,3)26-16-18-29/h28-32H,4-27H2,1-3H3. The van der Waals surface area contributed by atoms with Gasteiger partial charge in [0.2, 0.25) is 0 Å². The summed E-state index contributed by atoms with van der Waals surface area (Å²) in [7, 11) is 0. The Morgan fingerprint density at radius 2 is 0.879 bits per heavy atom. The van der Waals surface area contributed by atoms with Crippen LogP contribution in [0.3, 0.4) is 0 Å². The third-order valence-corrected chi connectivity index (χ3v) is 10.7. The molecule has 0 amide bonds. The van der Waals surface area contributed by atoms with Crippen LogP contribution in [0.2, 0.25) is 0 Å². The van der Waals surface area contributed by atoms with E-state index >= 15 is 0 Å². The first-order valence-corrected chi connectivity index (χ1v) is 16.1. The summed E-state index contributed by atoms with van der Waals surface area (Å²) in [5.41, 5.74) is 0.576. The maximum Gasteiger partial charge on any atom is -0.0354 e. The molecule has 3 aliphatic rings. The Labute approximate surface area is 209 Å². The van der Waals surface area contributed by atoms with Gasteiger partial charge in [-0.05, 0) is 80.0 Å². The average Bonchev–Trinajstić information content (AvgIpc) is 3.30. The monoisotopic (exact) mass is 458 g/mol. The van der Waals surface area contributed by atoms with Gasteiger partial charge in [0.05, 0.1) is 0 Å². The third kappa shape index (κ3) is 10.3. The van der Waals surface area contributed by atoms with Crippen molar-refractivity contribution in [2.75, 3.05) is 0 Å². The highest BCUT2D eigenvalue weighted by Gasteiger charge is 2.36. The fourth-order valence-corrected chi connectivity index (χ4v) is 8.16. The first kappa shape index (κ1) is 27.6. The molecule has 33 heavy (non-hydrogen) atoms. The summed E-state index contributed by atoms with van der Waals surface area (Å²) in [6, 6.07) is 0. The zero-order chi connectivity index (χ0) is 23.4. The van der Waals surface area contributed by atoms with Crippen LogP contribution in [0.25, 0.3) is 0 Å². The predicted octanol–water partition coefficient (Wildman–Crippen LogP) is 11.5. The molecule has 0 nitrogen and oxygen atoms in total. The minimum Gasteiger partial charge on any atom is -0.0651 e. The Morgan fingerprint density at radius 3 is 1.45 bits per heavy atom. The number of rotatable bonds is 3. The van der Waals surface area contributed by atoms with Crippen molar-refractivity contribution in [2.24, 2.45) is 35.0 Å². The molecule has 0 heteroatoms. The van der Waals surface area contributed by atoms with Crippen LogP contribution in [0.4, 0.5) is 0 Å². The second-order valence-corrected chi connectivity index (χ2v) is 13.8. The van der Waals surface area contributed by atoms with Crippen LogP contribution in [0.1, 0.15) is 175 Å². The summed E-state index contributed by atoms with van der Waals surface area (Å²) >= 11 is 0. The van der Waals surface area contributed by atoms with Crippen LogP contribution in [-0.2, 0) is 0 Å². The van der Waals surface area contributed by atoms with E-state index in [1.807, 2.05) is 0 Å². The van der Waals surface area contributed by atoms with Crippen molar-refractivity contribution in [2.45, 2.75) is 175 Å². The van der Waals surface area contributed by atoms with E-state index in [0.717, 1.165) is 29.6 Å². The van der Waals surface area contributed by atoms with Crippen LogP contribution >= 0.6 is 0 Å². The molecule has 3 atom stereocenters. The highest BCUT2D eigenvalue weighted by molar-refractivity contribution is 4.87. The molecule has 3 aliphatic carbocycles. The van der Waals surface area contributed by atoms with E-state index in [0.29, 0.717) is 5.41 Å². The van der Waals surface area contributed by atoms with Crippen LogP contribution in [0.15, 0.2) is 0 Å². The van der Waals surface area contributed by atoms with Gasteiger partial charge in [-0.1, -0.05) is 130 Å². The van der Waals surface area contributed by atoms with Gasteiger partial charge in [0.15, 0.2) is 0 Å². The normalized spacial score (nSPS) is 36.6. The molecule has 0 heterocycles. The summed E-state index contributed by atoms with van der Waals surface area (Å²) in [6.07, 6.45) is 36.4. The Bertz CT molecular complexity index is 482. The molecule has 194 valence electrons. The highest BCUT2D eigenvalue weighted by atomic mass is 14.4. The van der Waals surface area contributed by atoms with Crippen molar-refractivity contribution in [1.82, 2.24) is 0 Å². The predicted molar refractivity (Wildman–Crippen MR) is 148 cm³/mol. The van der Waals surface area contributed by atoms with Gasteiger partial charge in [0.1, 0.15) is 0 Å². The SMILES string of the molecule is CCC1CCC(C2CCC(C3CCCCCCCCCCCCCC(C)(C)CCC3)C2)CC1. The molecular weight excluding hydrogens is 396 g/mol.